The number of nitrogens with zero attached hydrogens (tertiary/aromatic N) is 2. The van der Waals surface area contributed by atoms with Gasteiger partial charge in [0, 0.05) is 6.54 Å². The number of hydrogen-bond acceptors (Lipinski definition) is 5. The van der Waals surface area contributed by atoms with Crippen molar-refractivity contribution in [2.75, 3.05) is 5.73 Å². The molecule has 0 radical (unpaired) electrons. The average Bonchev–Trinajstić information content (AvgIpc) is 2.39. The van der Waals surface area contributed by atoms with E-state index in [9.17, 15) is 0 Å². The highest BCUT2D eigenvalue weighted by Crippen LogP contribution is 2.11. The van der Waals surface area contributed by atoms with E-state index in [1.165, 1.54) is 0 Å². The molecular weight excluding hydrogens is 216 g/mol. The van der Waals surface area contributed by atoms with E-state index in [0.717, 1.165) is 11.1 Å². The van der Waals surface area contributed by atoms with E-state index >= 15 is 0 Å². The van der Waals surface area contributed by atoms with Crippen molar-refractivity contribution in [1.29, 1.82) is 0 Å². The zero-order valence-corrected chi connectivity index (χ0v) is 9.34. The molecule has 0 aliphatic rings. The van der Waals surface area contributed by atoms with E-state index in [-0.39, 0.29) is 5.95 Å². The first kappa shape index (κ1) is 11.3. The first-order chi connectivity index (χ1) is 8.28. The van der Waals surface area contributed by atoms with E-state index in [4.69, 9.17) is 16.2 Å². The van der Waals surface area contributed by atoms with Crippen LogP contribution in [-0.2, 0) is 13.2 Å². The van der Waals surface area contributed by atoms with Crippen LogP contribution >= 0.6 is 0 Å². The van der Waals surface area contributed by atoms with Crippen molar-refractivity contribution in [1.82, 2.24) is 9.97 Å². The Kier molecular flexibility index (Phi) is 3.52. The number of hydrogen-bond donors (Lipinski definition) is 2. The second kappa shape index (κ2) is 5.27. The van der Waals surface area contributed by atoms with Gasteiger partial charge < -0.3 is 16.2 Å². The Bertz CT molecular complexity index is 467. The fraction of sp³-hybridized carbons (Fsp3) is 0.167. The number of benzene rings is 1. The molecule has 0 fully saturated rings. The Hall–Kier alpha value is -2.14. The predicted octanol–water partition coefficient (Wildman–Crippen LogP) is 1.10. The summed E-state index contributed by atoms with van der Waals surface area (Å²) in [6, 6.07) is 7.94. The molecule has 0 saturated heterocycles. The first-order valence-electron chi connectivity index (χ1n) is 5.26. The monoisotopic (exact) mass is 230 g/mol. The van der Waals surface area contributed by atoms with Crippen molar-refractivity contribution in [3.8, 4) is 5.75 Å². The molecule has 5 nitrogen and oxygen atoms in total. The zero-order chi connectivity index (χ0) is 12.1. The van der Waals surface area contributed by atoms with Gasteiger partial charge >= 0.3 is 0 Å². The maximum Gasteiger partial charge on any atom is 0.220 e. The SMILES string of the molecule is NCc1ccc(COc2cnc(N)nc2)cc1. The molecule has 0 aliphatic heterocycles. The highest BCUT2D eigenvalue weighted by molar-refractivity contribution is 5.24. The van der Waals surface area contributed by atoms with Crippen LogP contribution in [0.1, 0.15) is 11.1 Å². The lowest BCUT2D eigenvalue weighted by Crippen LogP contribution is -2.00. The topological polar surface area (TPSA) is 87.0 Å². The van der Waals surface area contributed by atoms with Crippen molar-refractivity contribution in [2.24, 2.45) is 5.73 Å². The molecule has 0 saturated carbocycles. The molecule has 0 atom stereocenters. The number of nitrogen functional groups attached to an aromatic ring is 1. The molecule has 4 N–H and O–H groups in total. The number of ether oxygens (including phenoxy) is 1. The summed E-state index contributed by atoms with van der Waals surface area (Å²) in [5.41, 5.74) is 13.1. The highest BCUT2D eigenvalue weighted by Gasteiger charge is 1.97. The average molecular weight is 230 g/mol. The van der Waals surface area contributed by atoms with Gasteiger partial charge in [-0.2, -0.15) is 0 Å². The van der Waals surface area contributed by atoms with Crippen molar-refractivity contribution < 1.29 is 4.74 Å². The molecule has 2 aromatic rings. The molecular formula is C12H14N4O. The highest BCUT2D eigenvalue weighted by atomic mass is 16.5. The number of aromatic nitrogens is 2. The molecule has 1 heterocycles. The minimum Gasteiger partial charge on any atom is -0.486 e. The molecule has 0 amide bonds. The van der Waals surface area contributed by atoms with Crippen molar-refractivity contribution >= 4 is 5.95 Å². The van der Waals surface area contributed by atoms with Crippen LogP contribution in [0.15, 0.2) is 36.7 Å². The molecule has 0 unspecified atom stereocenters. The minimum absolute atomic E-state index is 0.240. The molecule has 1 aromatic heterocycles. The second-order valence-electron chi connectivity index (χ2n) is 3.59. The first-order valence-corrected chi connectivity index (χ1v) is 5.26. The third kappa shape index (κ3) is 3.15. The Labute approximate surface area is 99.5 Å². The van der Waals surface area contributed by atoms with E-state index in [1.54, 1.807) is 12.4 Å². The third-order valence-electron chi connectivity index (χ3n) is 2.31. The Morgan fingerprint density at radius 1 is 1.00 bits per heavy atom. The van der Waals surface area contributed by atoms with Crippen LogP contribution in [0.2, 0.25) is 0 Å². The van der Waals surface area contributed by atoms with Gasteiger partial charge in [0.2, 0.25) is 5.95 Å². The van der Waals surface area contributed by atoms with E-state index in [2.05, 4.69) is 9.97 Å². The van der Waals surface area contributed by atoms with E-state index in [0.29, 0.717) is 18.9 Å². The maximum absolute atomic E-state index is 5.52. The van der Waals surface area contributed by atoms with Gasteiger partial charge in [-0.1, -0.05) is 24.3 Å². The standard InChI is InChI=1S/C12H14N4O/c13-5-9-1-3-10(4-2-9)8-17-11-6-15-12(14)16-7-11/h1-4,6-7H,5,8,13H2,(H2,14,15,16). The van der Waals surface area contributed by atoms with E-state index < -0.39 is 0 Å². The van der Waals surface area contributed by atoms with Gasteiger partial charge in [-0.3, -0.25) is 0 Å². The molecule has 88 valence electrons. The zero-order valence-electron chi connectivity index (χ0n) is 9.34. The molecule has 5 heteroatoms. The Morgan fingerprint density at radius 2 is 1.59 bits per heavy atom. The minimum atomic E-state index is 0.240. The summed E-state index contributed by atoms with van der Waals surface area (Å²) in [5.74, 6) is 0.840. The van der Waals surface area contributed by atoms with Gasteiger partial charge in [0.25, 0.3) is 0 Å². The lowest BCUT2D eigenvalue weighted by molar-refractivity contribution is 0.303. The predicted molar refractivity (Wildman–Crippen MR) is 65.1 cm³/mol. The van der Waals surface area contributed by atoms with Gasteiger partial charge in [0.05, 0.1) is 12.4 Å². The number of nitrogens with two attached hydrogens (primary N) is 2. The summed E-state index contributed by atoms with van der Waals surface area (Å²) in [6.45, 7) is 1.02. The fourth-order valence-electron chi connectivity index (χ4n) is 1.34. The fourth-order valence-corrected chi connectivity index (χ4v) is 1.34. The maximum atomic E-state index is 5.52. The van der Waals surface area contributed by atoms with Gasteiger partial charge in [-0.15, -0.1) is 0 Å². The van der Waals surface area contributed by atoms with Crippen LogP contribution < -0.4 is 16.2 Å². The Morgan fingerprint density at radius 3 is 2.18 bits per heavy atom. The molecule has 1 aromatic carbocycles. The summed E-state index contributed by atoms with van der Waals surface area (Å²) in [5, 5.41) is 0. The number of rotatable bonds is 4. The van der Waals surface area contributed by atoms with Gasteiger partial charge in [-0.25, -0.2) is 9.97 Å². The van der Waals surface area contributed by atoms with Crippen LogP contribution in [0, 0.1) is 0 Å². The third-order valence-corrected chi connectivity index (χ3v) is 2.31. The van der Waals surface area contributed by atoms with Crippen molar-refractivity contribution in [3.05, 3.63) is 47.8 Å². The van der Waals surface area contributed by atoms with Crippen LogP contribution in [0.3, 0.4) is 0 Å². The van der Waals surface area contributed by atoms with Crippen molar-refractivity contribution in [3.63, 3.8) is 0 Å². The summed E-state index contributed by atoms with van der Waals surface area (Å²) in [4.78, 5) is 7.69. The van der Waals surface area contributed by atoms with Gasteiger partial charge in [0.15, 0.2) is 5.75 Å². The smallest absolute Gasteiger partial charge is 0.220 e. The van der Waals surface area contributed by atoms with Crippen LogP contribution in [-0.4, -0.2) is 9.97 Å². The van der Waals surface area contributed by atoms with Crippen LogP contribution in [0.5, 0.6) is 5.75 Å². The quantitative estimate of drug-likeness (QED) is 0.821. The molecule has 0 aliphatic carbocycles. The van der Waals surface area contributed by atoms with Gasteiger partial charge in [-0.05, 0) is 11.1 Å². The van der Waals surface area contributed by atoms with Crippen LogP contribution in [0.4, 0.5) is 5.95 Å². The Balaban J connectivity index is 1.95. The lowest BCUT2D eigenvalue weighted by atomic mass is 10.1. The van der Waals surface area contributed by atoms with E-state index in [1.807, 2.05) is 24.3 Å². The van der Waals surface area contributed by atoms with Crippen molar-refractivity contribution in [2.45, 2.75) is 13.2 Å². The molecule has 0 bridgehead atoms. The lowest BCUT2D eigenvalue weighted by Gasteiger charge is -2.06. The molecule has 0 spiro atoms. The summed E-state index contributed by atoms with van der Waals surface area (Å²) in [7, 11) is 0. The summed E-state index contributed by atoms with van der Waals surface area (Å²) < 4.78 is 5.51. The molecule has 2 rings (SSSR count). The number of anilines is 1. The second-order valence-corrected chi connectivity index (χ2v) is 3.59. The molecule has 17 heavy (non-hydrogen) atoms. The van der Waals surface area contributed by atoms with Crippen LogP contribution in [0.25, 0.3) is 0 Å². The summed E-state index contributed by atoms with van der Waals surface area (Å²) in [6.07, 6.45) is 3.10. The van der Waals surface area contributed by atoms with Gasteiger partial charge in [0.1, 0.15) is 6.61 Å². The normalized spacial score (nSPS) is 10.2. The summed E-state index contributed by atoms with van der Waals surface area (Å²) >= 11 is 0. The largest absolute Gasteiger partial charge is 0.486 e.